The van der Waals surface area contributed by atoms with Crippen LogP contribution in [0.25, 0.3) is 10.9 Å². The highest BCUT2D eigenvalue weighted by atomic mass is 16.5. The number of rotatable bonds is 3. The molecule has 2 heterocycles. The molecule has 1 aromatic heterocycles. The van der Waals surface area contributed by atoms with Gasteiger partial charge in [-0.05, 0) is 62.2 Å². The van der Waals surface area contributed by atoms with Crippen LogP contribution in [0.15, 0.2) is 42.5 Å². The topological polar surface area (TPSA) is 66.5 Å². The van der Waals surface area contributed by atoms with E-state index in [-0.39, 0.29) is 6.03 Å². The molecule has 0 radical (unpaired) electrons. The van der Waals surface area contributed by atoms with Crippen molar-refractivity contribution in [2.45, 2.75) is 20.8 Å². The first kappa shape index (κ1) is 19.2. The number of amides is 2. The Morgan fingerprint density at radius 1 is 0.966 bits per heavy atom. The molecule has 3 aromatic rings. The number of morpholine rings is 1. The molecule has 29 heavy (non-hydrogen) atoms. The van der Waals surface area contributed by atoms with Gasteiger partial charge in [-0.3, -0.25) is 0 Å². The van der Waals surface area contributed by atoms with E-state index in [9.17, 15) is 4.79 Å². The molecule has 6 nitrogen and oxygen atoms in total. The molecule has 0 atom stereocenters. The number of urea groups is 1. The van der Waals surface area contributed by atoms with Crippen molar-refractivity contribution in [1.29, 1.82) is 0 Å². The number of benzene rings is 2. The van der Waals surface area contributed by atoms with Crippen LogP contribution in [0.4, 0.5) is 22.0 Å². The van der Waals surface area contributed by atoms with Gasteiger partial charge in [0.1, 0.15) is 5.82 Å². The number of anilines is 3. The molecule has 4 rings (SSSR count). The Bertz CT molecular complexity index is 1060. The van der Waals surface area contributed by atoms with Gasteiger partial charge in [-0.1, -0.05) is 17.7 Å². The van der Waals surface area contributed by atoms with Gasteiger partial charge >= 0.3 is 6.03 Å². The quantitative estimate of drug-likeness (QED) is 0.684. The fraction of sp³-hybridized carbons (Fsp3) is 0.304. The fourth-order valence-corrected chi connectivity index (χ4v) is 3.65. The van der Waals surface area contributed by atoms with Crippen molar-refractivity contribution in [3.63, 3.8) is 0 Å². The highest BCUT2D eigenvalue weighted by Crippen LogP contribution is 2.26. The van der Waals surface area contributed by atoms with Crippen molar-refractivity contribution in [2.75, 3.05) is 41.8 Å². The maximum Gasteiger partial charge on any atom is 0.323 e. The number of nitrogens with zero attached hydrogens (tertiary/aromatic N) is 2. The number of hydrogen-bond donors (Lipinski definition) is 2. The lowest BCUT2D eigenvalue weighted by Gasteiger charge is -2.28. The second-order valence-electron chi connectivity index (χ2n) is 7.53. The lowest BCUT2D eigenvalue weighted by Crippen LogP contribution is -2.36. The van der Waals surface area contributed by atoms with E-state index in [0.717, 1.165) is 65.5 Å². The highest BCUT2D eigenvalue weighted by Gasteiger charge is 2.14. The van der Waals surface area contributed by atoms with E-state index in [1.807, 2.05) is 50.2 Å². The zero-order valence-electron chi connectivity index (χ0n) is 17.1. The number of ether oxygens (including phenoxy) is 1. The SMILES string of the molecule is Cc1ccc(NC(=O)Nc2ccc3nc(N4CCOCC4)cc(C)c3c2)c(C)c1. The maximum atomic E-state index is 12.4. The van der Waals surface area contributed by atoms with E-state index in [0.29, 0.717) is 0 Å². The molecular formula is C23H26N4O2. The molecule has 6 heteroatoms. The van der Waals surface area contributed by atoms with Crippen LogP contribution in [0.3, 0.4) is 0 Å². The zero-order valence-corrected chi connectivity index (χ0v) is 17.1. The smallest absolute Gasteiger partial charge is 0.323 e. The van der Waals surface area contributed by atoms with Crippen LogP contribution in [0.2, 0.25) is 0 Å². The van der Waals surface area contributed by atoms with Crippen molar-refractivity contribution < 1.29 is 9.53 Å². The molecule has 2 amide bonds. The molecule has 2 N–H and O–H groups in total. The van der Waals surface area contributed by atoms with E-state index in [4.69, 9.17) is 9.72 Å². The summed E-state index contributed by atoms with van der Waals surface area (Å²) < 4.78 is 5.43. The van der Waals surface area contributed by atoms with Crippen LogP contribution in [0.5, 0.6) is 0 Å². The highest BCUT2D eigenvalue weighted by molar-refractivity contribution is 6.01. The fourth-order valence-electron chi connectivity index (χ4n) is 3.65. The first-order chi connectivity index (χ1) is 14.0. The standard InChI is InChI=1S/C23H26N4O2/c1-15-4-6-20(17(3)12-15)26-23(28)24-18-5-7-21-19(14-18)16(2)13-22(25-21)27-8-10-29-11-9-27/h4-7,12-14H,8-11H2,1-3H3,(H2,24,26,28). The minimum absolute atomic E-state index is 0.258. The molecule has 2 aromatic carbocycles. The predicted molar refractivity (Wildman–Crippen MR) is 118 cm³/mol. The van der Waals surface area contributed by atoms with Crippen LogP contribution >= 0.6 is 0 Å². The average molecular weight is 390 g/mol. The van der Waals surface area contributed by atoms with E-state index >= 15 is 0 Å². The molecule has 1 aliphatic rings. The van der Waals surface area contributed by atoms with Crippen molar-refractivity contribution in [3.8, 4) is 0 Å². The summed E-state index contributed by atoms with van der Waals surface area (Å²) in [5.41, 5.74) is 5.81. The Hall–Kier alpha value is -3.12. The Balaban J connectivity index is 1.52. The molecule has 0 spiro atoms. The summed E-state index contributed by atoms with van der Waals surface area (Å²) in [6, 6.07) is 13.6. The van der Waals surface area contributed by atoms with Crippen molar-refractivity contribution in [2.24, 2.45) is 0 Å². The van der Waals surface area contributed by atoms with Crippen molar-refractivity contribution in [3.05, 3.63) is 59.2 Å². The van der Waals surface area contributed by atoms with Gasteiger partial charge in [0.2, 0.25) is 0 Å². The van der Waals surface area contributed by atoms with Crippen LogP contribution in [-0.2, 0) is 4.74 Å². The number of nitrogens with one attached hydrogen (secondary N) is 2. The van der Waals surface area contributed by atoms with E-state index < -0.39 is 0 Å². The van der Waals surface area contributed by atoms with Gasteiger partial charge in [-0.15, -0.1) is 0 Å². The minimum Gasteiger partial charge on any atom is -0.378 e. The molecule has 0 unspecified atom stereocenters. The number of aryl methyl sites for hydroxylation is 3. The van der Waals surface area contributed by atoms with Gasteiger partial charge in [0.05, 0.1) is 18.7 Å². The number of carbonyl (C=O) groups is 1. The van der Waals surface area contributed by atoms with E-state index in [2.05, 4.69) is 28.5 Å². The van der Waals surface area contributed by atoms with Gasteiger partial charge in [0.25, 0.3) is 0 Å². The molecule has 1 aliphatic heterocycles. The largest absolute Gasteiger partial charge is 0.378 e. The lowest BCUT2D eigenvalue weighted by molar-refractivity contribution is 0.122. The normalized spacial score (nSPS) is 14.1. The summed E-state index contributed by atoms with van der Waals surface area (Å²) in [7, 11) is 0. The molecular weight excluding hydrogens is 364 g/mol. The number of hydrogen-bond acceptors (Lipinski definition) is 4. The Morgan fingerprint density at radius 2 is 1.76 bits per heavy atom. The van der Waals surface area contributed by atoms with Crippen molar-refractivity contribution >= 4 is 34.1 Å². The number of pyridine rings is 1. The Kier molecular flexibility index (Phi) is 5.36. The molecule has 0 aliphatic carbocycles. The summed E-state index contributed by atoms with van der Waals surface area (Å²) in [6.07, 6.45) is 0. The summed E-state index contributed by atoms with van der Waals surface area (Å²) in [5.74, 6) is 0.978. The zero-order chi connectivity index (χ0) is 20.4. The van der Waals surface area contributed by atoms with E-state index in [1.54, 1.807) is 0 Å². The second-order valence-corrected chi connectivity index (χ2v) is 7.53. The molecule has 0 saturated carbocycles. The minimum atomic E-state index is -0.258. The van der Waals surface area contributed by atoms with Gasteiger partial charge in [-0.2, -0.15) is 0 Å². The summed E-state index contributed by atoms with van der Waals surface area (Å²) in [4.78, 5) is 19.5. The van der Waals surface area contributed by atoms with E-state index in [1.165, 1.54) is 5.56 Å². The third-order valence-corrected chi connectivity index (χ3v) is 5.23. The van der Waals surface area contributed by atoms with Gasteiger partial charge < -0.3 is 20.3 Å². The van der Waals surface area contributed by atoms with Crippen LogP contribution in [0.1, 0.15) is 16.7 Å². The monoisotopic (exact) mass is 390 g/mol. The number of aromatic nitrogens is 1. The van der Waals surface area contributed by atoms with Gasteiger partial charge in [0, 0.05) is 29.9 Å². The summed E-state index contributed by atoms with van der Waals surface area (Å²) in [6.45, 7) is 9.28. The summed E-state index contributed by atoms with van der Waals surface area (Å²) >= 11 is 0. The van der Waals surface area contributed by atoms with Crippen LogP contribution in [0, 0.1) is 20.8 Å². The van der Waals surface area contributed by atoms with Crippen molar-refractivity contribution in [1.82, 2.24) is 4.98 Å². The maximum absolute atomic E-state index is 12.4. The average Bonchev–Trinajstić information content (AvgIpc) is 2.71. The molecule has 1 fully saturated rings. The molecule has 1 saturated heterocycles. The Morgan fingerprint density at radius 3 is 2.52 bits per heavy atom. The first-order valence-corrected chi connectivity index (χ1v) is 9.89. The van der Waals surface area contributed by atoms with Crippen LogP contribution < -0.4 is 15.5 Å². The lowest BCUT2D eigenvalue weighted by atomic mass is 10.1. The number of carbonyl (C=O) groups excluding carboxylic acids is 1. The van der Waals surface area contributed by atoms with Crippen LogP contribution in [-0.4, -0.2) is 37.3 Å². The first-order valence-electron chi connectivity index (χ1n) is 9.89. The number of fused-ring (bicyclic) bond motifs is 1. The van der Waals surface area contributed by atoms with Gasteiger partial charge in [0.15, 0.2) is 0 Å². The third kappa shape index (κ3) is 4.32. The molecule has 150 valence electrons. The summed E-state index contributed by atoms with van der Waals surface area (Å²) in [5, 5.41) is 6.87. The Labute approximate surface area is 170 Å². The second kappa shape index (κ2) is 8.09. The van der Waals surface area contributed by atoms with Gasteiger partial charge in [-0.25, -0.2) is 9.78 Å². The molecule has 0 bridgehead atoms. The predicted octanol–water partition coefficient (Wildman–Crippen LogP) is 4.64. The third-order valence-electron chi connectivity index (χ3n) is 5.23.